The highest BCUT2D eigenvalue weighted by molar-refractivity contribution is 7.88. The largest absolute Gasteiger partial charge is 0.483 e. The smallest absolute Gasteiger partial charge is 0.311 e. The third-order valence-corrected chi connectivity index (χ3v) is 8.26. The molecule has 3 aliphatic rings. The van der Waals surface area contributed by atoms with E-state index in [1.807, 2.05) is 0 Å². The molecule has 2 aliphatic carbocycles. The van der Waals surface area contributed by atoms with Crippen LogP contribution in [0.15, 0.2) is 11.0 Å². The maximum Gasteiger partial charge on any atom is 0.311 e. The highest BCUT2D eigenvalue weighted by atomic mass is 32.2. The molecule has 0 unspecified atom stereocenters. The summed E-state index contributed by atoms with van der Waals surface area (Å²) in [5.41, 5.74) is 0.573. The normalized spacial score (nSPS) is 26.8. The van der Waals surface area contributed by atoms with Crippen molar-refractivity contribution < 1.29 is 13.2 Å². The lowest BCUT2D eigenvalue weighted by molar-refractivity contribution is 0.162. The molecule has 1 aliphatic heterocycles. The second kappa shape index (κ2) is 8.86. The van der Waals surface area contributed by atoms with E-state index >= 15 is 0 Å². The number of aromatic nitrogens is 2. The average Bonchev–Trinajstić information content (AvgIpc) is 3.14. The minimum Gasteiger partial charge on any atom is -0.483 e. The minimum atomic E-state index is -3.20. The van der Waals surface area contributed by atoms with E-state index in [4.69, 9.17) is 4.74 Å². The van der Waals surface area contributed by atoms with Gasteiger partial charge in [0.15, 0.2) is 0 Å². The molecule has 2 heterocycles. The summed E-state index contributed by atoms with van der Waals surface area (Å²) < 4.78 is 33.2. The number of nitrogens with zero attached hydrogens (tertiary/aromatic N) is 4. The van der Waals surface area contributed by atoms with Crippen LogP contribution in [0.3, 0.4) is 0 Å². The molecule has 1 aromatic rings. The Bertz CT molecular complexity index is 902. The standard InChI is InChI=1S/C21H34N4O4S/c1-16-7-6-10-19(16)29-20-18(23-11-13-24(14-12-23)30(2,27)28)15-22-25(21(20)26)17-8-4-3-5-9-17/h15-17,19H,3-14H2,1-2H3/t16-,19-/m1/s1. The first-order valence-corrected chi connectivity index (χ1v) is 13.2. The highest BCUT2D eigenvalue weighted by Crippen LogP contribution is 2.34. The van der Waals surface area contributed by atoms with Crippen molar-refractivity contribution in [1.29, 1.82) is 0 Å². The van der Waals surface area contributed by atoms with Crippen molar-refractivity contribution in [2.24, 2.45) is 5.92 Å². The molecule has 3 fully saturated rings. The molecule has 1 saturated heterocycles. The van der Waals surface area contributed by atoms with Crippen molar-refractivity contribution >= 4 is 15.7 Å². The molecule has 1 aromatic heterocycles. The fraction of sp³-hybridized carbons (Fsp3) is 0.810. The SMILES string of the molecule is C[C@@H]1CCC[C@H]1Oc1c(N2CCN(S(C)(=O)=O)CC2)cnn(C2CCCCC2)c1=O. The Labute approximate surface area is 179 Å². The first-order valence-electron chi connectivity index (χ1n) is 11.3. The third kappa shape index (κ3) is 4.51. The van der Waals surface area contributed by atoms with E-state index < -0.39 is 10.0 Å². The molecule has 9 heteroatoms. The average molecular weight is 439 g/mol. The zero-order valence-electron chi connectivity index (χ0n) is 18.1. The second-order valence-corrected chi connectivity index (χ2v) is 11.1. The van der Waals surface area contributed by atoms with Crippen LogP contribution in [0.2, 0.25) is 0 Å². The Kier molecular flexibility index (Phi) is 6.39. The predicted octanol–water partition coefficient (Wildman–Crippen LogP) is 2.40. The maximum atomic E-state index is 13.5. The van der Waals surface area contributed by atoms with Crippen LogP contribution in [0.4, 0.5) is 5.69 Å². The van der Waals surface area contributed by atoms with Crippen LogP contribution in [0.5, 0.6) is 5.75 Å². The van der Waals surface area contributed by atoms with E-state index in [2.05, 4.69) is 16.9 Å². The number of piperazine rings is 1. The van der Waals surface area contributed by atoms with Crippen molar-refractivity contribution in [3.05, 3.63) is 16.6 Å². The first-order chi connectivity index (χ1) is 14.3. The molecule has 168 valence electrons. The highest BCUT2D eigenvalue weighted by Gasteiger charge is 2.31. The van der Waals surface area contributed by atoms with Crippen molar-refractivity contribution in [1.82, 2.24) is 14.1 Å². The fourth-order valence-corrected chi connectivity index (χ4v) is 5.89. The van der Waals surface area contributed by atoms with Gasteiger partial charge in [-0.2, -0.15) is 9.40 Å². The van der Waals surface area contributed by atoms with Crippen molar-refractivity contribution in [2.75, 3.05) is 37.3 Å². The van der Waals surface area contributed by atoms with E-state index in [1.165, 1.54) is 17.0 Å². The lowest BCUT2D eigenvalue weighted by Gasteiger charge is -2.35. The second-order valence-electron chi connectivity index (χ2n) is 9.11. The van der Waals surface area contributed by atoms with E-state index in [-0.39, 0.29) is 17.7 Å². The zero-order valence-corrected chi connectivity index (χ0v) is 18.9. The van der Waals surface area contributed by atoms with Gasteiger partial charge in [0.1, 0.15) is 11.8 Å². The molecule has 30 heavy (non-hydrogen) atoms. The summed E-state index contributed by atoms with van der Waals surface area (Å²) in [4.78, 5) is 15.5. The van der Waals surface area contributed by atoms with Crippen LogP contribution in [-0.2, 0) is 10.0 Å². The van der Waals surface area contributed by atoms with Crippen LogP contribution in [-0.4, -0.2) is 61.0 Å². The van der Waals surface area contributed by atoms with Crippen LogP contribution in [0.25, 0.3) is 0 Å². The maximum absolute atomic E-state index is 13.5. The molecule has 0 spiro atoms. The number of rotatable bonds is 5. The Morgan fingerprint density at radius 3 is 2.30 bits per heavy atom. The van der Waals surface area contributed by atoms with Gasteiger partial charge in [0.2, 0.25) is 15.8 Å². The Hall–Kier alpha value is -1.61. The van der Waals surface area contributed by atoms with Gasteiger partial charge in [-0.1, -0.05) is 26.2 Å². The molecule has 0 amide bonds. The van der Waals surface area contributed by atoms with Crippen LogP contribution in [0.1, 0.15) is 64.3 Å². The Morgan fingerprint density at radius 2 is 1.70 bits per heavy atom. The lowest BCUT2D eigenvalue weighted by atomic mass is 9.96. The summed E-state index contributed by atoms with van der Waals surface area (Å²) in [6.45, 7) is 4.05. The van der Waals surface area contributed by atoms with Gasteiger partial charge < -0.3 is 9.64 Å². The molecule has 8 nitrogen and oxygen atoms in total. The quantitative estimate of drug-likeness (QED) is 0.702. The van der Waals surface area contributed by atoms with Gasteiger partial charge in [-0.15, -0.1) is 0 Å². The fourth-order valence-electron chi connectivity index (χ4n) is 5.06. The minimum absolute atomic E-state index is 0.0518. The Morgan fingerprint density at radius 1 is 1.00 bits per heavy atom. The molecule has 0 N–H and O–H groups in total. The van der Waals surface area contributed by atoms with Crippen LogP contribution in [0, 0.1) is 5.92 Å². The number of sulfonamides is 1. The van der Waals surface area contributed by atoms with Crippen molar-refractivity contribution in [3.8, 4) is 5.75 Å². The van der Waals surface area contributed by atoms with Gasteiger partial charge >= 0.3 is 5.56 Å². The molecular weight excluding hydrogens is 404 g/mol. The Balaban J connectivity index is 1.63. The first kappa shape index (κ1) is 21.6. The monoisotopic (exact) mass is 438 g/mol. The zero-order chi connectivity index (χ0) is 21.3. The summed E-state index contributed by atoms with van der Waals surface area (Å²) in [5.74, 6) is 0.831. The molecule has 4 rings (SSSR count). The van der Waals surface area contributed by atoms with Crippen molar-refractivity contribution in [2.45, 2.75) is 70.4 Å². The van der Waals surface area contributed by atoms with E-state index in [0.717, 1.165) is 44.9 Å². The number of hydrogen-bond acceptors (Lipinski definition) is 6. The van der Waals surface area contributed by atoms with Crippen molar-refractivity contribution in [3.63, 3.8) is 0 Å². The third-order valence-electron chi connectivity index (χ3n) is 6.96. The predicted molar refractivity (Wildman–Crippen MR) is 117 cm³/mol. The molecule has 0 radical (unpaired) electrons. The summed E-state index contributed by atoms with van der Waals surface area (Å²) >= 11 is 0. The number of hydrogen-bond donors (Lipinski definition) is 0. The van der Waals surface area contributed by atoms with Gasteiger partial charge in [0.05, 0.1) is 18.5 Å². The summed E-state index contributed by atoms with van der Waals surface area (Å²) in [6.07, 6.45) is 11.7. The summed E-state index contributed by atoms with van der Waals surface area (Å²) in [7, 11) is -3.20. The van der Waals surface area contributed by atoms with Gasteiger partial charge in [0.25, 0.3) is 0 Å². The summed E-state index contributed by atoms with van der Waals surface area (Å²) in [6, 6.07) is 0.144. The molecule has 0 aromatic carbocycles. The molecular formula is C21H34N4O4S. The van der Waals surface area contributed by atoms with E-state index in [1.54, 1.807) is 10.9 Å². The summed E-state index contributed by atoms with van der Waals surface area (Å²) in [5, 5.41) is 4.55. The number of ether oxygens (including phenoxy) is 1. The van der Waals surface area contributed by atoms with Crippen LogP contribution < -0.4 is 15.2 Å². The molecule has 0 bridgehead atoms. The lowest BCUT2D eigenvalue weighted by Crippen LogP contribution is -2.49. The molecule has 2 saturated carbocycles. The van der Waals surface area contributed by atoms with Crippen LogP contribution >= 0.6 is 0 Å². The van der Waals surface area contributed by atoms with E-state index in [0.29, 0.717) is 43.5 Å². The van der Waals surface area contributed by atoms with Gasteiger partial charge in [-0.05, 0) is 38.0 Å². The van der Waals surface area contributed by atoms with Gasteiger partial charge in [-0.25, -0.2) is 13.1 Å². The van der Waals surface area contributed by atoms with Gasteiger partial charge in [0, 0.05) is 26.2 Å². The molecule has 2 atom stereocenters. The number of anilines is 1. The van der Waals surface area contributed by atoms with Gasteiger partial charge in [-0.3, -0.25) is 4.79 Å². The van der Waals surface area contributed by atoms with E-state index in [9.17, 15) is 13.2 Å². The topological polar surface area (TPSA) is 84.7 Å².